The van der Waals surface area contributed by atoms with Crippen LogP contribution in [-0.2, 0) is 6.54 Å². The van der Waals surface area contributed by atoms with Crippen molar-refractivity contribution in [3.05, 3.63) is 41.3 Å². The molecule has 1 aromatic carbocycles. The zero-order valence-corrected chi connectivity index (χ0v) is 12.3. The predicted octanol–water partition coefficient (Wildman–Crippen LogP) is 3.21. The van der Waals surface area contributed by atoms with Gasteiger partial charge in [0.2, 0.25) is 0 Å². The second-order valence-corrected chi connectivity index (χ2v) is 5.73. The number of nitrogens with one attached hydrogen (secondary N) is 1. The number of hydrogen-bond acceptors (Lipinski definition) is 4. The molecule has 0 aliphatic carbocycles. The molecule has 0 saturated heterocycles. The molecule has 5 heteroatoms. The van der Waals surface area contributed by atoms with E-state index in [1.54, 1.807) is 17.5 Å². The van der Waals surface area contributed by atoms with Crippen molar-refractivity contribution in [1.29, 1.82) is 5.26 Å². The number of nitrogens with zero attached hydrogens (tertiary/aromatic N) is 3. The first-order valence-corrected chi connectivity index (χ1v) is 7.02. The molecule has 0 spiro atoms. The molecule has 0 unspecified atom stereocenters. The van der Waals surface area contributed by atoms with E-state index >= 15 is 0 Å². The average Bonchev–Trinajstić information content (AvgIpc) is 2.87. The molecule has 1 N–H and O–H groups in total. The molecule has 0 saturated carbocycles. The van der Waals surface area contributed by atoms with E-state index in [-0.39, 0.29) is 0 Å². The van der Waals surface area contributed by atoms with E-state index < -0.39 is 0 Å². The highest BCUT2D eigenvalue weighted by Gasteiger charge is 2.03. The van der Waals surface area contributed by atoms with E-state index in [4.69, 9.17) is 5.26 Å². The normalized spacial score (nSPS) is 10.9. The lowest BCUT2D eigenvalue weighted by atomic mass is 10.2. The molecule has 0 radical (unpaired) electrons. The topological polar surface area (TPSA) is 51.4 Å². The van der Waals surface area contributed by atoms with Gasteiger partial charge in [0.15, 0.2) is 6.19 Å². The molecule has 2 aromatic rings. The van der Waals surface area contributed by atoms with Crippen molar-refractivity contribution in [1.82, 2.24) is 10.2 Å². The van der Waals surface area contributed by atoms with Crippen molar-refractivity contribution in [2.45, 2.75) is 6.54 Å². The third-order valence-corrected chi connectivity index (χ3v) is 3.75. The van der Waals surface area contributed by atoms with Gasteiger partial charge in [0.1, 0.15) is 6.34 Å². The summed E-state index contributed by atoms with van der Waals surface area (Å²) in [5.41, 5.74) is 2.01. The number of thiophene rings is 1. The maximum atomic E-state index is 8.35. The Morgan fingerprint density at radius 2 is 2.00 bits per heavy atom. The van der Waals surface area contributed by atoms with Crippen molar-refractivity contribution in [2.24, 2.45) is 4.99 Å². The van der Waals surface area contributed by atoms with E-state index in [9.17, 15) is 0 Å². The monoisotopic (exact) mass is 284 g/mol. The van der Waals surface area contributed by atoms with Gasteiger partial charge in [-0.2, -0.15) is 5.26 Å². The molecule has 20 heavy (non-hydrogen) atoms. The maximum Gasteiger partial charge on any atom is 0.182 e. The minimum absolute atomic E-state index is 0.821. The van der Waals surface area contributed by atoms with Crippen LogP contribution in [0, 0.1) is 11.5 Å². The minimum atomic E-state index is 0.821. The van der Waals surface area contributed by atoms with Gasteiger partial charge in [0, 0.05) is 16.3 Å². The summed E-state index contributed by atoms with van der Waals surface area (Å²) in [6, 6.07) is 12.3. The Morgan fingerprint density at radius 1 is 1.25 bits per heavy atom. The van der Waals surface area contributed by atoms with E-state index in [1.165, 1.54) is 21.7 Å². The van der Waals surface area contributed by atoms with Gasteiger partial charge in [0.05, 0.1) is 5.69 Å². The Morgan fingerprint density at radius 3 is 2.65 bits per heavy atom. The first-order chi connectivity index (χ1) is 9.69. The summed E-state index contributed by atoms with van der Waals surface area (Å²) in [6.45, 7) is 0.965. The lowest BCUT2D eigenvalue weighted by molar-refractivity contribution is 0.406. The van der Waals surface area contributed by atoms with Gasteiger partial charge in [-0.3, -0.25) is 5.32 Å². The van der Waals surface area contributed by atoms with Crippen LogP contribution in [0.5, 0.6) is 0 Å². The third kappa shape index (κ3) is 3.92. The molecule has 102 valence electrons. The van der Waals surface area contributed by atoms with Crippen LogP contribution in [0.15, 0.2) is 41.4 Å². The number of benzene rings is 1. The lowest BCUT2D eigenvalue weighted by Crippen LogP contribution is -2.09. The molecule has 0 aliphatic rings. The Balaban J connectivity index is 2.10. The number of rotatable bonds is 5. The molecule has 0 amide bonds. The number of aliphatic imine (C=N–C) groups is 1. The van der Waals surface area contributed by atoms with Gasteiger partial charge in [-0.05, 0) is 43.9 Å². The summed E-state index contributed by atoms with van der Waals surface area (Å²) in [7, 11) is 4.14. The van der Waals surface area contributed by atoms with Crippen molar-refractivity contribution in [2.75, 3.05) is 14.1 Å². The summed E-state index contributed by atoms with van der Waals surface area (Å²) in [5, 5.41) is 10.7. The van der Waals surface area contributed by atoms with Gasteiger partial charge in [-0.15, -0.1) is 11.3 Å². The van der Waals surface area contributed by atoms with Crippen molar-refractivity contribution in [3.8, 4) is 16.6 Å². The first kappa shape index (κ1) is 14.3. The van der Waals surface area contributed by atoms with Crippen molar-refractivity contribution >= 4 is 23.4 Å². The highest BCUT2D eigenvalue weighted by Crippen LogP contribution is 2.29. The molecule has 0 aliphatic heterocycles. The van der Waals surface area contributed by atoms with Crippen LogP contribution in [0.2, 0.25) is 0 Å². The largest absolute Gasteiger partial charge is 0.304 e. The number of nitriles is 1. The van der Waals surface area contributed by atoms with Gasteiger partial charge >= 0.3 is 0 Å². The summed E-state index contributed by atoms with van der Waals surface area (Å²) < 4.78 is 0. The fourth-order valence-electron chi connectivity index (χ4n) is 1.78. The van der Waals surface area contributed by atoms with Crippen molar-refractivity contribution < 1.29 is 0 Å². The summed E-state index contributed by atoms with van der Waals surface area (Å²) in [5.74, 6) is 0. The zero-order valence-electron chi connectivity index (χ0n) is 11.5. The SMILES string of the molecule is CN(C)Cc1ccc(-c2ccc(N=CNC#N)cc2)s1. The van der Waals surface area contributed by atoms with Crippen LogP contribution in [-0.4, -0.2) is 25.3 Å². The summed E-state index contributed by atoms with van der Waals surface area (Å²) >= 11 is 1.81. The van der Waals surface area contributed by atoms with Gasteiger partial charge in [-0.25, -0.2) is 4.99 Å². The molecular weight excluding hydrogens is 268 g/mol. The van der Waals surface area contributed by atoms with Crippen molar-refractivity contribution in [3.63, 3.8) is 0 Å². The lowest BCUT2D eigenvalue weighted by Gasteiger charge is -2.06. The predicted molar refractivity (Wildman–Crippen MR) is 84.0 cm³/mol. The average molecular weight is 284 g/mol. The van der Waals surface area contributed by atoms with Gasteiger partial charge in [-0.1, -0.05) is 12.1 Å². The fraction of sp³-hybridized carbons (Fsp3) is 0.200. The molecule has 0 fully saturated rings. The minimum Gasteiger partial charge on any atom is -0.304 e. The van der Waals surface area contributed by atoms with E-state index in [0.717, 1.165) is 12.2 Å². The Labute approximate surface area is 123 Å². The molecule has 2 rings (SSSR count). The molecule has 0 atom stereocenters. The molecule has 1 aromatic heterocycles. The standard InChI is InChI=1S/C15H16N4S/c1-19(2)9-14-7-8-15(20-14)12-3-5-13(6-4-12)18-11-17-10-16/h3-8,11H,9H2,1-2H3,(H,17,18). The second kappa shape index (κ2) is 6.85. The zero-order chi connectivity index (χ0) is 14.4. The van der Waals surface area contributed by atoms with Crippen LogP contribution in [0.25, 0.3) is 10.4 Å². The van der Waals surface area contributed by atoms with E-state index in [0.29, 0.717) is 0 Å². The van der Waals surface area contributed by atoms with Crippen LogP contribution in [0.1, 0.15) is 4.88 Å². The fourth-order valence-corrected chi connectivity index (χ4v) is 2.91. The highest BCUT2D eigenvalue weighted by atomic mass is 32.1. The Kier molecular flexibility index (Phi) is 4.88. The Hall–Kier alpha value is -2.16. The van der Waals surface area contributed by atoms with E-state index in [1.807, 2.05) is 24.3 Å². The maximum absolute atomic E-state index is 8.35. The molecule has 4 nitrogen and oxygen atoms in total. The first-order valence-electron chi connectivity index (χ1n) is 6.20. The quantitative estimate of drug-likeness (QED) is 0.397. The van der Waals surface area contributed by atoms with Gasteiger partial charge < -0.3 is 4.90 Å². The van der Waals surface area contributed by atoms with Crippen LogP contribution >= 0.6 is 11.3 Å². The molecular formula is C15H16N4S. The highest BCUT2D eigenvalue weighted by molar-refractivity contribution is 7.15. The smallest absolute Gasteiger partial charge is 0.182 e. The van der Waals surface area contributed by atoms with Crippen LogP contribution < -0.4 is 5.32 Å². The van der Waals surface area contributed by atoms with Crippen LogP contribution in [0.4, 0.5) is 5.69 Å². The molecule has 0 bridgehead atoms. The van der Waals surface area contributed by atoms with E-state index in [2.05, 4.69) is 41.4 Å². The summed E-state index contributed by atoms with van der Waals surface area (Å²) in [6.07, 6.45) is 3.18. The third-order valence-electron chi connectivity index (χ3n) is 2.63. The summed E-state index contributed by atoms with van der Waals surface area (Å²) in [4.78, 5) is 8.88. The molecule has 1 heterocycles. The van der Waals surface area contributed by atoms with Gasteiger partial charge in [0.25, 0.3) is 0 Å². The Bertz CT molecular complexity index is 620. The van der Waals surface area contributed by atoms with Crippen LogP contribution in [0.3, 0.4) is 0 Å². The second-order valence-electron chi connectivity index (χ2n) is 4.56. The number of hydrogen-bond donors (Lipinski definition) is 1.